The Morgan fingerprint density at radius 3 is 2.57 bits per heavy atom. The number of hydrogen-bond donors (Lipinski definition) is 1. The topological polar surface area (TPSA) is 46.9 Å². The number of carbonyl (C=O) groups is 1. The zero-order chi connectivity index (χ0) is 16.2. The van der Waals surface area contributed by atoms with Gasteiger partial charge < -0.3 is 5.32 Å². The van der Waals surface area contributed by atoms with Gasteiger partial charge in [0.25, 0.3) is 5.91 Å². The maximum absolute atomic E-state index is 12.2. The number of nitrogens with zero attached hydrogens (tertiary/aromatic N) is 2. The summed E-state index contributed by atoms with van der Waals surface area (Å²) < 4.78 is 1.82. The van der Waals surface area contributed by atoms with Crippen LogP contribution < -0.4 is 5.32 Å². The largest absolute Gasteiger partial charge is 0.319 e. The van der Waals surface area contributed by atoms with Crippen molar-refractivity contribution in [2.45, 2.75) is 20.4 Å². The van der Waals surface area contributed by atoms with E-state index < -0.39 is 0 Å². The van der Waals surface area contributed by atoms with Crippen LogP contribution in [0.3, 0.4) is 0 Å². The molecular weight excluding hydrogens is 286 g/mol. The summed E-state index contributed by atoms with van der Waals surface area (Å²) in [6.45, 7) is 4.72. The predicted molar refractivity (Wildman–Crippen MR) is 91.6 cm³/mol. The van der Waals surface area contributed by atoms with E-state index in [1.807, 2.05) is 42.1 Å². The highest BCUT2D eigenvalue weighted by atomic mass is 16.1. The molecule has 3 aromatic rings. The third kappa shape index (κ3) is 3.86. The number of aromatic nitrogens is 2. The highest BCUT2D eigenvalue weighted by Gasteiger charge is 2.07. The van der Waals surface area contributed by atoms with Gasteiger partial charge in [0.1, 0.15) is 0 Å². The Balaban J connectivity index is 1.68. The summed E-state index contributed by atoms with van der Waals surface area (Å²) in [7, 11) is 0. The van der Waals surface area contributed by atoms with Crippen LogP contribution in [0.4, 0.5) is 5.69 Å². The van der Waals surface area contributed by atoms with Gasteiger partial charge in [-0.3, -0.25) is 9.48 Å². The lowest BCUT2D eigenvalue weighted by Crippen LogP contribution is -2.11. The van der Waals surface area contributed by atoms with Crippen molar-refractivity contribution in [3.8, 4) is 0 Å². The zero-order valence-electron chi connectivity index (χ0n) is 13.3. The standard InChI is InChI=1S/C19H19N3O/c1-14-5-3-7-16(9-14)12-22-13-18(11-20-22)21-19(23)17-8-4-6-15(2)10-17/h3-11,13H,12H2,1-2H3,(H,21,23). The molecule has 0 bridgehead atoms. The molecule has 0 unspecified atom stereocenters. The number of carbonyl (C=O) groups excluding carboxylic acids is 1. The van der Waals surface area contributed by atoms with Crippen molar-refractivity contribution in [2.24, 2.45) is 0 Å². The number of benzene rings is 2. The molecule has 4 nitrogen and oxygen atoms in total. The summed E-state index contributed by atoms with van der Waals surface area (Å²) in [4.78, 5) is 12.2. The molecule has 0 saturated heterocycles. The molecule has 0 spiro atoms. The molecule has 116 valence electrons. The fraction of sp³-hybridized carbons (Fsp3) is 0.158. The van der Waals surface area contributed by atoms with E-state index in [9.17, 15) is 4.79 Å². The quantitative estimate of drug-likeness (QED) is 0.797. The van der Waals surface area contributed by atoms with Crippen molar-refractivity contribution >= 4 is 11.6 Å². The number of aryl methyl sites for hydroxylation is 2. The second-order valence-corrected chi connectivity index (χ2v) is 5.74. The smallest absolute Gasteiger partial charge is 0.255 e. The molecular formula is C19H19N3O. The van der Waals surface area contributed by atoms with Crippen molar-refractivity contribution < 1.29 is 4.79 Å². The van der Waals surface area contributed by atoms with E-state index in [1.165, 1.54) is 11.1 Å². The second kappa shape index (κ2) is 6.48. The summed E-state index contributed by atoms with van der Waals surface area (Å²) in [6.07, 6.45) is 3.51. The van der Waals surface area contributed by atoms with Crippen molar-refractivity contribution in [1.29, 1.82) is 0 Å². The molecule has 0 aliphatic carbocycles. The van der Waals surface area contributed by atoms with Gasteiger partial charge in [-0.1, -0.05) is 47.5 Å². The van der Waals surface area contributed by atoms with Crippen LogP contribution in [0.15, 0.2) is 60.9 Å². The van der Waals surface area contributed by atoms with Gasteiger partial charge in [-0.2, -0.15) is 5.10 Å². The third-order valence-electron chi connectivity index (χ3n) is 3.60. The molecule has 0 aliphatic heterocycles. The van der Waals surface area contributed by atoms with Gasteiger partial charge in [-0.25, -0.2) is 0 Å². The fourth-order valence-corrected chi connectivity index (χ4v) is 2.50. The maximum atomic E-state index is 12.2. The summed E-state index contributed by atoms with van der Waals surface area (Å²) in [5.74, 6) is -0.121. The Morgan fingerprint density at radius 1 is 1.09 bits per heavy atom. The van der Waals surface area contributed by atoms with Crippen molar-refractivity contribution in [3.05, 3.63) is 83.2 Å². The van der Waals surface area contributed by atoms with Gasteiger partial charge in [0.15, 0.2) is 0 Å². The van der Waals surface area contributed by atoms with Crippen LogP contribution in [0.1, 0.15) is 27.0 Å². The van der Waals surface area contributed by atoms with E-state index in [4.69, 9.17) is 0 Å². The monoisotopic (exact) mass is 305 g/mol. The van der Waals surface area contributed by atoms with E-state index in [0.717, 1.165) is 5.56 Å². The molecule has 1 aromatic heterocycles. The van der Waals surface area contributed by atoms with Crippen LogP contribution in [0, 0.1) is 13.8 Å². The molecule has 1 N–H and O–H groups in total. The van der Waals surface area contributed by atoms with Gasteiger partial charge in [-0.15, -0.1) is 0 Å². The summed E-state index contributed by atoms with van der Waals surface area (Å²) in [5.41, 5.74) is 4.82. The number of amides is 1. The van der Waals surface area contributed by atoms with Crippen molar-refractivity contribution in [1.82, 2.24) is 9.78 Å². The first kappa shape index (κ1) is 15.0. The average molecular weight is 305 g/mol. The van der Waals surface area contributed by atoms with E-state index in [1.54, 1.807) is 12.3 Å². The summed E-state index contributed by atoms with van der Waals surface area (Å²) in [6, 6.07) is 15.8. The fourth-order valence-electron chi connectivity index (χ4n) is 2.50. The average Bonchev–Trinajstić information content (AvgIpc) is 2.94. The number of rotatable bonds is 4. The molecule has 0 aliphatic rings. The Hall–Kier alpha value is -2.88. The highest BCUT2D eigenvalue weighted by molar-refractivity contribution is 6.04. The van der Waals surface area contributed by atoms with Crippen LogP contribution >= 0.6 is 0 Å². The molecule has 0 saturated carbocycles. The molecule has 3 rings (SSSR count). The minimum Gasteiger partial charge on any atom is -0.319 e. The first-order chi connectivity index (χ1) is 11.1. The van der Waals surface area contributed by atoms with Crippen molar-refractivity contribution in [2.75, 3.05) is 5.32 Å². The molecule has 1 heterocycles. The molecule has 0 fully saturated rings. The number of nitrogens with one attached hydrogen (secondary N) is 1. The van der Waals surface area contributed by atoms with E-state index in [2.05, 4.69) is 35.5 Å². The maximum Gasteiger partial charge on any atom is 0.255 e. The zero-order valence-corrected chi connectivity index (χ0v) is 13.3. The normalized spacial score (nSPS) is 10.5. The van der Waals surface area contributed by atoms with Crippen molar-refractivity contribution in [3.63, 3.8) is 0 Å². The molecule has 1 amide bonds. The Morgan fingerprint density at radius 2 is 1.83 bits per heavy atom. The molecule has 23 heavy (non-hydrogen) atoms. The first-order valence-corrected chi connectivity index (χ1v) is 7.56. The minimum absolute atomic E-state index is 0.121. The van der Waals surface area contributed by atoms with Crippen LogP contribution in [-0.4, -0.2) is 15.7 Å². The summed E-state index contributed by atoms with van der Waals surface area (Å²) in [5, 5.41) is 7.19. The van der Waals surface area contributed by atoms with Crippen LogP contribution in [0.5, 0.6) is 0 Å². The lowest BCUT2D eigenvalue weighted by Gasteiger charge is -2.04. The Bertz CT molecular complexity index is 836. The van der Waals surface area contributed by atoms with Gasteiger partial charge in [0.2, 0.25) is 0 Å². The SMILES string of the molecule is Cc1cccc(Cn2cc(NC(=O)c3cccc(C)c3)cn2)c1. The first-order valence-electron chi connectivity index (χ1n) is 7.56. The van der Waals surface area contributed by atoms with Crippen LogP contribution in [0.25, 0.3) is 0 Å². The van der Waals surface area contributed by atoms with E-state index in [0.29, 0.717) is 17.8 Å². The van der Waals surface area contributed by atoms with Crippen LogP contribution in [-0.2, 0) is 6.54 Å². The van der Waals surface area contributed by atoms with Gasteiger partial charge >= 0.3 is 0 Å². The lowest BCUT2D eigenvalue weighted by molar-refractivity contribution is 0.102. The molecule has 0 radical (unpaired) electrons. The Kier molecular flexibility index (Phi) is 4.24. The van der Waals surface area contributed by atoms with E-state index >= 15 is 0 Å². The minimum atomic E-state index is -0.121. The highest BCUT2D eigenvalue weighted by Crippen LogP contribution is 2.12. The van der Waals surface area contributed by atoms with Crippen LogP contribution in [0.2, 0.25) is 0 Å². The molecule has 0 atom stereocenters. The number of hydrogen-bond acceptors (Lipinski definition) is 2. The lowest BCUT2D eigenvalue weighted by atomic mass is 10.1. The number of anilines is 1. The Labute approximate surface area is 135 Å². The summed E-state index contributed by atoms with van der Waals surface area (Å²) >= 11 is 0. The molecule has 2 aromatic carbocycles. The second-order valence-electron chi connectivity index (χ2n) is 5.74. The van der Waals surface area contributed by atoms with E-state index in [-0.39, 0.29) is 5.91 Å². The van der Waals surface area contributed by atoms with Gasteiger partial charge in [0.05, 0.1) is 18.4 Å². The van der Waals surface area contributed by atoms with Gasteiger partial charge in [0, 0.05) is 11.8 Å². The molecule has 4 heteroatoms. The third-order valence-corrected chi connectivity index (χ3v) is 3.60. The predicted octanol–water partition coefficient (Wildman–Crippen LogP) is 3.80. The van der Waals surface area contributed by atoms with Gasteiger partial charge in [-0.05, 0) is 31.5 Å².